The SMILES string of the molecule is CC(CNC(=O)N1CCC(CN2CCCC2)CC1)C(=O)O. The molecule has 0 bridgehead atoms. The third-order valence-corrected chi connectivity index (χ3v) is 4.60. The summed E-state index contributed by atoms with van der Waals surface area (Å²) in [6, 6.07) is -0.122. The maximum Gasteiger partial charge on any atom is 0.317 e. The van der Waals surface area contributed by atoms with Gasteiger partial charge >= 0.3 is 12.0 Å². The molecule has 2 aliphatic rings. The number of piperidine rings is 1. The summed E-state index contributed by atoms with van der Waals surface area (Å²) in [5.74, 6) is -0.716. The summed E-state index contributed by atoms with van der Waals surface area (Å²) >= 11 is 0. The Morgan fingerprint density at radius 1 is 1.19 bits per heavy atom. The second-order valence-electron chi connectivity index (χ2n) is 6.36. The number of hydrogen-bond donors (Lipinski definition) is 2. The lowest BCUT2D eigenvalue weighted by molar-refractivity contribution is -0.140. The zero-order valence-corrected chi connectivity index (χ0v) is 12.9. The molecule has 2 amide bonds. The molecule has 0 aliphatic carbocycles. The number of urea groups is 1. The van der Waals surface area contributed by atoms with Crippen LogP contribution in [0.5, 0.6) is 0 Å². The maximum atomic E-state index is 12.0. The van der Waals surface area contributed by atoms with Crippen LogP contribution >= 0.6 is 0 Å². The van der Waals surface area contributed by atoms with Gasteiger partial charge in [0.25, 0.3) is 0 Å². The van der Waals surface area contributed by atoms with Gasteiger partial charge in [0.1, 0.15) is 0 Å². The molecule has 120 valence electrons. The second-order valence-corrected chi connectivity index (χ2v) is 6.36. The fraction of sp³-hybridized carbons (Fsp3) is 0.867. The summed E-state index contributed by atoms with van der Waals surface area (Å²) in [7, 11) is 0. The van der Waals surface area contributed by atoms with Crippen LogP contribution in [0.1, 0.15) is 32.6 Å². The third kappa shape index (κ3) is 4.88. The number of nitrogens with one attached hydrogen (secondary N) is 1. The van der Waals surface area contributed by atoms with Crippen molar-refractivity contribution in [1.29, 1.82) is 0 Å². The average Bonchev–Trinajstić information content (AvgIpc) is 2.98. The molecule has 2 heterocycles. The van der Waals surface area contributed by atoms with E-state index in [9.17, 15) is 9.59 Å². The van der Waals surface area contributed by atoms with E-state index in [0.29, 0.717) is 5.92 Å². The molecule has 0 aromatic rings. The Kier molecular flexibility index (Phi) is 5.85. The number of likely N-dealkylation sites (tertiary alicyclic amines) is 2. The van der Waals surface area contributed by atoms with E-state index in [1.165, 1.54) is 32.5 Å². The smallest absolute Gasteiger partial charge is 0.317 e. The summed E-state index contributed by atoms with van der Waals surface area (Å²) in [4.78, 5) is 27.1. The van der Waals surface area contributed by atoms with Crippen LogP contribution in [-0.2, 0) is 4.79 Å². The molecule has 2 N–H and O–H groups in total. The predicted octanol–water partition coefficient (Wildman–Crippen LogP) is 1.22. The molecule has 1 atom stereocenters. The minimum atomic E-state index is -0.875. The average molecular weight is 297 g/mol. The van der Waals surface area contributed by atoms with E-state index >= 15 is 0 Å². The minimum Gasteiger partial charge on any atom is -0.481 e. The molecule has 0 saturated carbocycles. The molecule has 6 heteroatoms. The molecule has 2 saturated heterocycles. The fourth-order valence-electron chi connectivity index (χ4n) is 3.09. The molecule has 0 aromatic heterocycles. The van der Waals surface area contributed by atoms with Crippen molar-refractivity contribution < 1.29 is 14.7 Å². The van der Waals surface area contributed by atoms with E-state index in [4.69, 9.17) is 5.11 Å². The first kappa shape index (κ1) is 16.1. The van der Waals surface area contributed by atoms with E-state index in [1.54, 1.807) is 6.92 Å². The van der Waals surface area contributed by atoms with Crippen molar-refractivity contribution in [2.75, 3.05) is 39.3 Å². The monoisotopic (exact) mass is 297 g/mol. The third-order valence-electron chi connectivity index (χ3n) is 4.60. The number of hydrogen-bond acceptors (Lipinski definition) is 3. The van der Waals surface area contributed by atoms with Gasteiger partial charge in [-0.2, -0.15) is 0 Å². The quantitative estimate of drug-likeness (QED) is 0.800. The summed E-state index contributed by atoms with van der Waals surface area (Å²) in [5, 5.41) is 11.5. The highest BCUT2D eigenvalue weighted by Gasteiger charge is 2.25. The van der Waals surface area contributed by atoms with Gasteiger partial charge in [-0.05, 0) is 44.7 Å². The van der Waals surface area contributed by atoms with Gasteiger partial charge in [-0.3, -0.25) is 4.79 Å². The number of amides is 2. The van der Waals surface area contributed by atoms with Crippen LogP contribution in [0.3, 0.4) is 0 Å². The Morgan fingerprint density at radius 3 is 2.38 bits per heavy atom. The summed E-state index contributed by atoms with van der Waals surface area (Å²) < 4.78 is 0. The van der Waals surface area contributed by atoms with Crippen LogP contribution in [-0.4, -0.2) is 66.2 Å². The molecule has 0 radical (unpaired) electrons. The summed E-state index contributed by atoms with van der Waals surface area (Å²) in [6.45, 7) is 7.00. The van der Waals surface area contributed by atoms with Gasteiger partial charge in [0.2, 0.25) is 0 Å². The van der Waals surface area contributed by atoms with Crippen LogP contribution in [0, 0.1) is 11.8 Å². The van der Waals surface area contributed by atoms with E-state index < -0.39 is 11.9 Å². The number of carbonyl (C=O) groups excluding carboxylic acids is 1. The minimum absolute atomic E-state index is 0.122. The van der Waals surface area contributed by atoms with E-state index in [2.05, 4.69) is 10.2 Å². The van der Waals surface area contributed by atoms with Crippen molar-refractivity contribution in [2.24, 2.45) is 11.8 Å². The Labute approximate surface area is 126 Å². The van der Waals surface area contributed by atoms with Crippen LogP contribution in [0.4, 0.5) is 4.79 Å². The summed E-state index contributed by atoms with van der Waals surface area (Å²) in [6.07, 6.45) is 4.75. The van der Waals surface area contributed by atoms with Gasteiger partial charge < -0.3 is 20.2 Å². The van der Waals surface area contributed by atoms with Gasteiger partial charge in [0.15, 0.2) is 0 Å². The highest BCUT2D eigenvalue weighted by Crippen LogP contribution is 2.20. The molecule has 6 nitrogen and oxygen atoms in total. The number of carboxylic acid groups (broad SMARTS) is 1. The van der Waals surface area contributed by atoms with E-state index in [1.807, 2.05) is 4.90 Å². The topological polar surface area (TPSA) is 72.9 Å². The zero-order valence-electron chi connectivity index (χ0n) is 12.9. The Bertz CT molecular complexity index is 361. The van der Waals surface area contributed by atoms with Gasteiger partial charge in [0, 0.05) is 26.2 Å². The lowest BCUT2D eigenvalue weighted by Crippen LogP contribution is -2.47. The Morgan fingerprint density at radius 2 is 1.81 bits per heavy atom. The molecule has 2 fully saturated rings. The molecule has 1 unspecified atom stereocenters. The number of carbonyl (C=O) groups is 2. The van der Waals surface area contributed by atoms with Crippen LogP contribution in [0.15, 0.2) is 0 Å². The van der Waals surface area contributed by atoms with Gasteiger partial charge in [-0.25, -0.2) is 4.79 Å². The standard InChI is InChI=1S/C15H27N3O3/c1-12(14(19)20)10-16-15(21)18-8-4-13(5-9-18)11-17-6-2-3-7-17/h12-13H,2-11H2,1H3,(H,16,21)(H,19,20). The van der Waals surface area contributed by atoms with Crippen molar-refractivity contribution in [3.63, 3.8) is 0 Å². The Hall–Kier alpha value is -1.30. The van der Waals surface area contributed by atoms with Crippen molar-refractivity contribution in [3.8, 4) is 0 Å². The fourth-order valence-corrected chi connectivity index (χ4v) is 3.09. The van der Waals surface area contributed by atoms with E-state index in [-0.39, 0.29) is 12.6 Å². The number of rotatable bonds is 5. The molecule has 2 aliphatic heterocycles. The normalized spacial score (nSPS) is 22.2. The van der Waals surface area contributed by atoms with Crippen LogP contribution in [0.25, 0.3) is 0 Å². The van der Waals surface area contributed by atoms with Crippen molar-refractivity contribution in [2.45, 2.75) is 32.6 Å². The summed E-state index contributed by atoms with van der Waals surface area (Å²) in [5.41, 5.74) is 0. The first-order chi connectivity index (χ1) is 10.1. The largest absolute Gasteiger partial charge is 0.481 e. The first-order valence-corrected chi connectivity index (χ1v) is 8.04. The molecular weight excluding hydrogens is 270 g/mol. The molecule has 21 heavy (non-hydrogen) atoms. The number of carboxylic acids is 1. The van der Waals surface area contributed by atoms with Crippen molar-refractivity contribution in [1.82, 2.24) is 15.1 Å². The zero-order chi connectivity index (χ0) is 15.2. The van der Waals surface area contributed by atoms with Crippen molar-refractivity contribution >= 4 is 12.0 Å². The molecular formula is C15H27N3O3. The van der Waals surface area contributed by atoms with Crippen LogP contribution in [0.2, 0.25) is 0 Å². The number of nitrogens with zero attached hydrogens (tertiary/aromatic N) is 2. The lowest BCUT2D eigenvalue weighted by Gasteiger charge is -2.34. The molecule has 2 rings (SSSR count). The molecule has 0 aromatic carbocycles. The Balaban J connectivity index is 1.65. The second kappa shape index (κ2) is 7.64. The lowest BCUT2D eigenvalue weighted by atomic mass is 9.96. The van der Waals surface area contributed by atoms with Crippen LogP contribution < -0.4 is 5.32 Å². The highest BCUT2D eigenvalue weighted by atomic mass is 16.4. The number of aliphatic carboxylic acids is 1. The maximum absolute atomic E-state index is 12.0. The van der Waals surface area contributed by atoms with E-state index in [0.717, 1.165) is 25.9 Å². The highest BCUT2D eigenvalue weighted by molar-refractivity contribution is 5.76. The van der Waals surface area contributed by atoms with Crippen molar-refractivity contribution in [3.05, 3.63) is 0 Å². The predicted molar refractivity (Wildman–Crippen MR) is 80.2 cm³/mol. The molecule has 0 spiro atoms. The first-order valence-electron chi connectivity index (χ1n) is 8.04. The van der Waals surface area contributed by atoms with Gasteiger partial charge in [-0.15, -0.1) is 0 Å². The van der Waals surface area contributed by atoms with Gasteiger partial charge in [0.05, 0.1) is 5.92 Å². The van der Waals surface area contributed by atoms with Gasteiger partial charge in [-0.1, -0.05) is 6.92 Å².